The van der Waals surface area contributed by atoms with Gasteiger partial charge in [0.2, 0.25) is 0 Å². The molecule has 0 saturated carbocycles. The van der Waals surface area contributed by atoms with Crippen LogP contribution in [0.3, 0.4) is 0 Å². The summed E-state index contributed by atoms with van der Waals surface area (Å²) in [5, 5.41) is 8.24. The average molecular weight is 399 g/mol. The molecule has 0 bridgehead atoms. The molecule has 1 amide bonds. The third kappa shape index (κ3) is 3.04. The number of benzene rings is 1. The van der Waals surface area contributed by atoms with Crippen LogP contribution in [0.5, 0.6) is 0 Å². The summed E-state index contributed by atoms with van der Waals surface area (Å²) < 4.78 is 9.64. The molecule has 4 aromatic heterocycles. The van der Waals surface area contributed by atoms with Crippen molar-refractivity contribution in [2.24, 2.45) is 0 Å². The molecule has 0 aliphatic carbocycles. The van der Waals surface area contributed by atoms with Crippen LogP contribution >= 0.6 is 0 Å². The van der Waals surface area contributed by atoms with Gasteiger partial charge >= 0.3 is 0 Å². The first kappa shape index (κ1) is 18.2. The van der Waals surface area contributed by atoms with Crippen LogP contribution in [0.15, 0.2) is 59.5 Å². The smallest absolute Gasteiger partial charge is 0.291 e. The minimum atomic E-state index is -0.283. The lowest BCUT2D eigenvalue weighted by Crippen LogP contribution is -2.11. The molecule has 0 radical (unpaired) electrons. The SMILES string of the molecule is Cc1ccc(C)c2c(C)c(C(=O)Nc3cnn(Cc4cn5ccccc5n4)c3)oc12. The Morgan fingerprint density at radius 3 is 2.73 bits per heavy atom. The highest BCUT2D eigenvalue weighted by Gasteiger charge is 2.20. The van der Waals surface area contributed by atoms with Crippen LogP contribution in [0.2, 0.25) is 0 Å². The molecule has 7 nitrogen and oxygen atoms in total. The molecule has 0 aliphatic heterocycles. The Hall–Kier alpha value is -3.87. The van der Waals surface area contributed by atoms with Crippen molar-refractivity contribution in [2.45, 2.75) is 27.3 Å². The summed E-state index contributed by atoms with van der Waals surface area (Å²) in [5.41, 5.74) is 6.10. The van der Waals surface area contributed by atoms with Gasteiger partial charge in [0, 0.05) is 29.5 Å². The fraction of sp³-hybridized carbons (Fsp3) is 0.174. The third-order valence-corrected chi connectivity index (χ3v) is 5.32. The summed E-state index contributed by atoms with van der Waals surface area (Å²) in [6.07, 6.45) is 7.34. The van der Waals surface area contributed by atoms with Gasteiger partial charge in [-0.3, -0.25) is 9.48 Å². The molecule has 30 heavy (non-hydrogen) atoms. The highest BCUT2D eigenvalue weighted by molar-refractivity contribution is 6.07. The van der Waals surface area contributed by atoms with Gasteiger partial charge in [-0.05, 0) is 44.0 Å². The Labute approximate surface area is 173 Å². The first-order chi connectivity index (χ1) is 14.5. The molecule has 4 heterocycles. The van der Waals surface area contributed by atoms with Gasteiger partial charge in [-0.1, -0.05) is 18.2 Å². The number of hydrogen-bond acceptors (Lipinski definition) is 4. The van der Waals surface area contributed by atoms with Gasteiger partial charge in [0.25, 0.3) is 5.91 Å². The van der Waals surface area contributed by atoms with Crippen molar-refractivity contribution in [3.63, 3.8) is 0 Å². The first-order valence-corrected chi connectivity index (χ1v) is 9.75. The van der Waals surface area contributed by atoms with E-state index < -0.39 is 0 Å². The lowest BCUT2D eigenvalue weighted by Gasteiger charge is -2.00. The van der Waals surface area contributed by atoms with Gasteiger partial charge in [0.1, 0.15) is 11.2 Å². The highest BCUT2D eigenvalue weighted by Crippen LogP contribution is 2.31. The maximum atomic E-state index is 12.9. The van der Waals surface area contributed by atoms with Crippen molar-refractivity contribution in [1.82, 2.24) is 19.2 Å². The van der Waals surface area contributed by atoms with Crippen LogP contribution in [0.25, 0.3) is 16.6 Å². The Morgan fingerprint density at radius 2 is 1.93 bits per heavy atom. The van der Waals surface area contributed by atoms with Crippen LogP contribution in [0, 0.1) is 20.8 Å². The standard InChI is InChI=1S/C23H21N5O2/c1-14-7-8-15(2)21-20(14)16(3)22(30-21)23(29)26-17-10-24-28(12-17)13-18-11-27-9-5-4-6-19(27)25-18/h4-12H,13H2,1-3H3,(H,26,29). The lowest BCUT2D eigenvalue weighted by molar-refractivity contribution is 0.0998. The number of nitrogens with zero attached hydrogens (tertiary/aromatic N) is 4. The van der Waals surface area contributed by atoms with Gasteiger partial charge in [0.05, 0.1) is 24.1 Å². The fourth-order valence-corrected chi connectivity index (χ4v) is 3.82. The Morgan fingerprint density at radius 1 is 1.10 bits per heavy atom. The molecule has 1 aromatic carbocycles. The van der Waals surface area contributed by atoms with Crippen LogP contribution in [-0.2, 0) is 6.54 Å². The van der Waals surface area contributed by atoms with Gasteiger partial charge < -0.3 is 14.1 Å². The summed E-state index contributed by atoms with van der Waals surface area (Å²) in [7, 11) is 0. The zero-order valence-electron chi connectivity index (χ0n) is 17.0. The van der Waals surface area contributed by atoms with Crippen molar-refractivity contribution in [3.05, 3.63) is 83.3 Å². The van der Waals surface area contributed by atoms with E-state index in [-0.39, 0.29) is 5.91 Å². The number of carbonyl (C=O) groups excluding carboxylic acids is 1. The van der Waals surface area contributed by atoms with Gasteiger partial charge in [0.15, 0.2) is 5.76 Å². The van der Waals surface area contributed by atoms with Crippen LogP contribution in [0.1, 0.15) is 32.9 Å². The number of aromatic nitrogens is 4. The fourth-order valence-electron chi connectivity index (χ4n) is 3.82. The molecule has 0 saturated heterocycles. The number of carbonyl (C=O) groups is 1. The van der Waals surface area contributed by atoms with Gasteiger partial charge in [-0.25, -0.2) is 4.98 Å². The van der Waals surface area contributed by atoms with Crippen molar-refractivity contribution in [3.8, 4) is 0 Å². The normalized spacial score (nSPS) is 11.4. The topological polar surface area (TPSA) is 77.4 Å². The van der Waals surface area contributed by atoms with Gasteiger partial charge in [-0.2, -0.15) is 5.10 Å². The summed E-state index contributed by atoms with van der Waals surface area (Å²) in [6, 6.07) is 9.92. The summed E-state index contributed by atoms with van der Waals surface area (Å²) in [6.45, 7) is 6.44. The second kappa shape index (κ2) is 6.88. The number of rotatable bonds is 4. The maximum absolute atomic E-state index is 12.9. The van der Waals surface area contributed by atoms with E-state index in [2.05, 4.69) is 15.4 Å². The number of nitrogens with one attached hydrogen (secondary N) is 1. The van der Waals surface area contributed by atoms with Gasteiger partial charge in [-0.15, -0.1) is 0 Å². The number of fused-ring (bicyclic) bond motifs is 2. The molecule has 0 atom stereocenters. The van der Waals surface area contributed by atoms with E-state index in [0.29, 0.717) is 18.0 Å². The van der Waals surface area contributed by atoms with E-state index in [0.717, 1.165) is 39.0 Å². The summed E-state index contributed by atoms with van der Waals surface area (Å²) >= 11 is 0. The molecule has 0 aliphatic rings. The second-order valence-electron chi connectivity index (χ2n) is 7.54. The second-order valence-corrected chi connectivity index (χ2v) is 7.54. The van der Waals surface area contributed by atoms with Crippen LogP contribution in [0.4, 0.5) is 5.69 Å². The largest absolute Gasteiger partial charge is 0.450 e. The van der Waals surface area contributed by atoms with E-state index in [1.807, 2.05) is 67.9 Å². The molecule has 5 aromatic rings. The number of hydrogen-bond donors (Lipinski definition) is 1. The van der Waals surface area contributed by atoms with E-state index in [4.69, 9.17) is 4.42 Å². The predicted molar refractivity (Wildman–Crippen MR) is 115 cm³/mol. The Kier molecular flexibility index (Phi) is 4.17. The van der Waals surface area contributed by atoms with E-state index in [9.17, 15) is 4.79 Å². The van der Waals surface area contributed by atoms with Crippen molar-refractivity contribution >= 4 is 28.2 Å². The number of anilines is 1. The Balaban J connectivity index is 1.37. The van der Waals surface area contributed by atoms with E-state index in [1.54, 1.807) is 17.1 Å². The number of furan rings is 1. The van der Waals surface area contributed by atoms with E-state index in [1.165, 1.54) is 0 Å². The number of amides is 1. The highest BCUT2D eigenvalue weighted by atomic mass is 16.3. The average Bonchev–Trinajstić information content (AvgIpc) is 3.42. The zero-order valence-corrected chi connectivity index (χ0v) is 17.0. The summed E-state index contributed by atoms with van der Waals surface area (Å²) in [5.74, 6) is 0.0466. The minimum Gasteiger partial charge on any atom is -0.450 e. The number of aryl methyl sites for hydroxylation is 3. The molecule has 1 N–H and O–H groups in total. The zero-order chi connectivity index (χ0) is 20.8. The Bertz CT molecular complexity index is 1370. The molecular formula is C23H21N5O2. The molecule has 150 valence electrons. The molecular weight excluding hydrogens is 378 g/mol. The van der Waals surface area contributed by atoms with Crippen molar-refractivity contribution in [1.29, 1.82) is 0 Å². The lowest BCUT2D eigenvalue weighted by atomic mass is 10.0. The van der Waals surface area contributed by atoms with Crippen LogP contribution in [-0.4, -0.2) is 25.1 Å². The minimum absolute atomic E-state index is 0.283. The molecule has 0 fully saturated rings. The number of pyridine rings is 1. The predicted octanol–water partition coefficient (Wildman–Crippen LogP) is 4.50. The third-order valence-electron chi connectivity index (χ3n) is 5.32. The quantitative estimate of drug-likeness (QED) is 0.483. The van der Waals surface area contributed by atoms with Crippen molar-refractivity contribution in [2.75, 3.05) is 5.32 Å². The molecule has 7 heteroatoms. The van der Waals surface area contributed by atoms with E-state index >= 15 is 0 Å². The molecule has 0 spiro atoms. The maximum Gasteiger partial charge on any atom is 0.291 e. The summed E-state index contributed by atoms with van der Waals surface area (Å²) in [4.78, 5) is 17.4. The monoisotopic (exact) mass is 399 g/mol. The number of imidazole rings is 1. The molecule has 0 unspecified atom stereocenters. The molecule has 5 rings (SSSR count). The first-order valence-electron chi connectivity index (χ1n) is 9.75. The van der Waals surface area contributed by atoms with Crippen molar-refractivity contribution < 1.29 is 9.21 Å². The van der Waals surface area contributed by atoms with Crippen LogP contribution < -0.4 is 5.32 Å².